The molecule has 1 aliphatic rings. The van der Waals surface area contributed by atoms with E-state index in [0.717, 1.165) is 19.5 Å². The minimum Gasteiger partial charge on any atom is -0.497 e. The monoisotopic (exact) mass is 264 g/mol. The van der Waals surface area contributed by atoms with E-state index in [4.69, 9.17) is 15.2 Å². The summed E-state index contributed by atoms with van der Waals surface area (Å²) >= 11 is 0. The van der Waals surface area contributed by atoms with Crippen LogP contribution in [-0.4, -0.2) is 44.7 Å². The number of amides is 1. The number of ether oxygens (including phenoxy) is 2. The first-order valence-corrected chi connectivity index (χ1v) is 6.41. The average Bonchev–Trinajstić information content (AvgIpc) is 2.94. The number of rotatable bonds is 4. The van der Waals surface area contributed by atoms with E-state index >= 15 is 0 Å². The van der Waals surface area contributed by atoms with E-state index in [1.165, 1.54) is 0 Å². The molecular weight excluding hydrogens is 244 g/mol. The number of carbonyl (C=O) groups excluding carboxylic acids is 1. The summed E-state index contributed by atoms with van der Waals surface area (Å²) < 4.78 is 10.4. The van der Waals surface area contributed by atoms with Gasteiger partial charge in [-0.05, 0) is 37.1 Å². The van der Waals surface area contributed by atoms with Crippen LogP contribution in [0.25, 0.3) is 0 Å². The maximum absolute atomic E-state index is 12.5. The van der Waals surface area contributed by atoms with Crippen LogP contribution < -0.4 is 15.2 Å². The second-order valence-electron chi connectivity index (χ2n) is 4.71. The Kier molecular flexibility index (Phi) is 4.27. The lowest BCUT2D eigenvalue weighted by molar-refractivity contribution is 0.0784. The van der Waals surface area contributed by atoms with Gasteiger partial charge >= 0.3 is 0 Å². The van der Waals surface area contributed by atoms with Gasteiger partial charge in [0.15, 0.2) is 0 Å². The molecule has 1 heterocycles. The molecule has 104 valence electrons. The predicted octanol–water partition coefficient (Wildman–Crippen LogP) is 1.12. The highest BCUT2D eigenvalue weighted by Crippen LogP contribution is 2.27. The Morgan fingerprint density at radius 2 is 2.21 bits per heavy atom. The summed E-state index contributed by atoms with van der Waals surface area (Å²) in [5, 5.41) is 0. The third-order valence-corrected chi connectivity index (χ3v) is 3.54. The molecule has 1 saturated heterocycles. The number of hydrogen-bond acceptors (Lipinski definition) is 4. The molecule has 2 N–H and O–H groups in total. The summed E-state index contributed by atoms with van der Waals surface area (Å²) in [6.07, 6.45) is 0.967. The lowest BCUT2D eigenvalue weighted by atomic mass is 10.1. The maximum Gasteiger partial charge on any atom is 0.257 e. The number of benzene rings is 1. The van der Waals surface area contributed by atoms with Crippen LogP contribution in [0.4, 0.5) is 0 Å². The van der Waals surface area contributed by atoms with Gasteiger partial charge in [-0.1, -0.05) is 0 Å². The van der Waals surface area contributed by atoms with Gasteiger partial charge in [-0.3, -0.25) is 4.79 Å². The van der Waals surface area contributed by atoms with Crippen molar-refractivity contribution in [1.29, 1.82) is 0 Å². The number of hydrogen-bond donors (Lipinski definition) is 1. The number of nitrogens with zero attached hydrogens (tertiary/aromatic N) is 1. The smallest absolute Gasteiger partial charge is 0.257 e. The number of nitrogens with two attached hydrogens (primary N) is 1. The molecule has 19 heavy (non-hydrogen) atoms. The fourth-order valence-corrected chi connectivity index (χ4v) is 2.36. The lowest BCUT2D eigenvalue weighted by Gasteiger charge is -2.18. The average molecular weight is 264 g/mol. The van der Waals surface area contributed by atoms with Crippen molar-refractivity contribution in [2.24, 2.45) is 11.7 Å². The molecule has 1 unspecified atom stereocenters. The Morgan fingerprint density at radius 3 is 2.79 bits per heavy atom. The zero-order chi connectivity index (χ0) is 13.8. The molecule has 0 aromatic heterocycles. The molecule has 1 amide bonds. The van der Waals surface area contributed by atoms with Crippen molar-refractivity contribution in [1.82, 2.24) is 4.90 Å². The highest BCUT2D eigenvalue weighted by molar-refractivity contribution is 5.97. The Hall–Kier alpha value is -1.75. The molecule has 0 spiro atoms. The van der Waals surface area contributed by atoms with E-state index in [1.807, 2.05) is 4.90 Å². The van der Waals surface area contributed by atoms with E-state index < -0.39 is 0 Å². The SMILES string of the molecule is COc1ccc(OC)c(C(=O)N2CCC(CN)C2)c1. The van der Waals surface area contributed by atoms with Crippen molar-refractivity contribution in [2.75, 3.05) is 33.9 Å². The zero-order valence-electron chi connectivity index (χ0n) is 11.4. The first-order valence-electron chi connectivity index (χ1n) is 6.41. The van der Waals surface area contributed by atoms with Gasteiger partial charge in [0.2, 0.25) is 0 Å². The maximum atomic E-state index is 12.5. The number of likely N-dealkylation sites (tertiary alicyclic amines) is 1. The van der Waals surface area contributed by atoms with Gasteiger partial charge in [-0.2, -0.15) is 0 Å². The number of carbonyl (C=O) groups is 1. The largest absolute Gasteiger partial charge is 0.497 e. The Bertz CT molecular complexity index is 462. The molecule has 5 nitrogen and oxygen atoms in total. The normalized spacial score (nSPS) is 18.5. The minimum atomic E-state index is -0.0216. The molecule has 1 atom stereocenters. The van der Waals surface area contributed by atoms with E-state index in [-0.39, 0.29) is 5.91 Å². The molecule has 0 saturated carbocycles. The summed E-state index contributed by atoms with van der Waals surface area (Å²) in [6.45, 7) is 2.09. The van der Waals surface area contributed by atoms with Crippen molar-refractivity contribution in [3.8, 4) is 11.5 Å². The summed E-state index contributed by atoms with van der Waals surface area (Å²) in [6, 6.07) is 5.25. The molecule has 1 fully saturated rings. The predicted molar refractivity (Wildman–Crippen MR) is 72.6 cm³/mol. The Morgan fingerprint density at radius 1 is 1.42 bits per heavy atom. The molecular formula is C14H20N2O3. The molecule has 1 aliphatic heterocycles. The topological polar surface area (TPSA) is 64.8 Å². The highest BCUT2D eigenvalue weighted by Gasteiger charge is 2.27. The summed E-state index contributed by atoms with van der Waals surface area (Å²) in [4.78, 5) is 14.3. The van der Waals surface area contributed by atoms with Crippen molar-refractivity contribution in [3.05, 3.63) is 23.8 Å². The fourth-order valence-electron chi connectivity index (χ4n) is 2.36. The van der Waals surface area contributed by atoms with Crippen molar-refractivity contribution >= 4 is 5.91 Å². The van der Waals surface area contributed by atoms with Crippen LogP contribution in [0.2, 0.25) is 0 Å². The first-order chi connectivity index (χ1) is 9.19. The Labute approximate surface area is 113 Å². The third kappa shape index (κ3) is 2.81. The van der Waals surface area contributed by atoms with E-state index in [1.54, 1.807) is 32.4 Å². The van der Waals surface area contributed by atoms with Gasteiger partial charge < -0.3 is 20.1 Å². The van der Waals surface area contributed by atoms with Crippen LogP contribution in [0, 0.1) is 5.92 Å². The molecule has 5 heteroatoms. The van der Waals surface area contributed by atoms with Crippen molar-refractivity contribution < 1.29 is 14.3 Å². The van der Waals surface area contributed by atoms with Gasteiger partial charge in [0.1, 0.15) is 11.5 Å². The molecule has 0 radical (unpaired) electrons. The molecule has 2 rings (SSSR count). The highest BCUT2D eigenvalue weighted by atomic mass is 16.5. The molecule has 1 aromatic carbocycles. The van der Waals surface area contributed by atoms with Crippen LogP contribution in [-0.2, 0) is 0 Å². The van der Waals surface area contributed by atoms with Gasteiger partial charge in [0, 0.05) is 13.1 Å². The van der Waals surface area contributed by atoms with Crippen LogP contribution in [0.3, 0.4) is 0 Å². The van der Waals surface area contributed by atoms with Gasteiger partial charge in [0.25, 0.3) is 5.91 Å². The second kappa shape index (κ2) is 5.93. The summed E-state index contributed by atoms with van der Waals surface area (Å²) in [5.41, 5.74) is 6.20. The van der Waals surface area contributed by atoms with E-state index in [9.17, 15) is 4.79 Å². The number of methoxy groups -OCH3 is 2. The molecule has 0 bridgehead atoms. The lowest BCUT2D eigenvalue weighted by Crippen LogP contribution is -2.30. The van der Waals surface area contributed by atoms with Crippen LogP contribution in [0.15, 0.2) is 18.2 Å². The van der Waals surface area contributed by atoms with E-state index in [2.05, 4.69) is 0 Å². The standard InChI is InChI=1S/C14H20N2O3/c1-18-11-3-4-13(19-2)12(7-11)14(17)16-6-5-10(8-15)9-16/h3-4,7,10H,5-6,8-9,15H2,1-2H3. The van der Waals surface area contributed by atoms with Gasteiger partial charge in [-0.15, -0.1) is 0 Å². The summed E-state index contributed by atoms with van der Waals surface area (Å²) in [7, 11) is 3.14. The second-order valence-corrected chi connectivity index (χ2v) is 4.71. The fraction of sp³-hybridized carbons (Fsp3) is 0.500. The van der Waals surface area contributed by atoms with Crippen molar-refractivity contribution in [2.45, 2.75) is 6.42 Å². The van der Waals surface area contributed by atoms with Crippen LogP contribution >= 0.6 is 0 Å². The quantitative estimate of drug-likeness (QED) is 0.885. The van der Waals surface area contributed by atoms with Crippen LogP contribution in [0.1, 0.15) is 16.8 Å². The Balaban J connectivity index is 2.22. The zero-order valence-corrected chi connectivity index (χ0v) is 11.4. The van der Waals surface area contributed by atoms with Crippen LogP contribution in [0.5, 0.6) is 11.5 Å². The third-order valence-electron chi connectivity index (χ3n) is 3.54. The van der Waals surface area contributed by atoms with Gasteiger partial charge in [-0.25, -0.2) is 0 Å². The minimum absolute atomic E-state index is 0.0216. The van der Waals surface area contributed by atoms with Gasteiger partial charge in [0.05, 0.1) is 19.8 Å². The summed E-state index contributed by atoms with van der Waals surface area (Å²) in [5.74, 6) is 1.60. The van der Waals surface area contributed by atoms with E-state index in [0.29, 0.717) is 29.5 Å². The molecule has 1 aromatic rings. The van der Waals surface area contributed by atoms with Crippen molar-refractivity contribution in [3.63, 3.8) is 0 Å². The first kappa shape index (κ1) is 13.7. The molecule has 0 aliphatic carbocycles.